The van der Waals surface area contributed by atoms with Crippen molar-refractivity contribution in [1.82, 2.24) is 9.21 Å². The molecule has 1 saturated heterocycles. The minimum atomic E-state index is -4.15. The number of carbonyl (C=O) groups excluding carboxylic acids is 2. The van der Waals surface area contributed by atoms with Crippen molar-refractivity contribution in [2.75, 3.05) is 31.5 Å². The molecule has 1 aromatic heterocycles. The first kappa shape index (κ1) is 24.3. The quantitative estimate of drug-likeness (QED) is 0.719. The fourth-order valence-electron chi connectivity index (χ4n) is 3.15. The number of hydrogen-bond acceptors (Lipinski definition) is 5. The van der Waals surface area contributed by atoms with Crippen LogP contribution in [0.3, 0.4) is 0 Å². The summed E-state index contributed by atoms with van der Waals surface area (Å²) in [6, 6.07) is 4.06. The molecule has 174 valence electrons. The van der Waals surface area contributed by atoms with Gasteiger partial charge in [-0.15, -0.1) is 11.3 Å². The molecule has 0 aliphatic carbocycles. The summed E-state index contributed by atoms with van der Waals surface area (Å²) >= 11 is 1.17. The van der Waals surface area contributed by atoms with Gasteiger partial charge in [0.1, 0.15) is 16.5 Å². The number of sulfonamides is 1. The van der Waals surface area contributed by atoms with Gasteiger partial charge >= 0.3 is 0 Å². The number of amides is 2. The molecule has 1 aliphatic heterocycles. The largest absolute Gasteiger partial charge is 0.335 e. The summed E-state index contributed by atoms with van der Waals surface area (Å²) in [5.41, 5.74) is 0.140. The second-order valence-electron chi connectivity index (χ2n) is 8.60. The van der Waals surface area contributed by atoms with Gasteiger partial charge in [0, 0.05) is 37.7 Å². The summed E-state index contributed by atoms with van der Waals surface area (Å²) in [6.45, 7) is 7.38. The van der Waals surface area contributed by atoms with Crippen molar-refractivity contribution in [3.63, 3.8) is 0 Å². The van der Waals surface area contributed by atoms with Gasteiger partial charge in [-0.2, -0.15) is 4.31 Å². The lowest BCUT2D eigenvalue weighted by molar-refractivity contribution is -0.123. The number of halogens is 2. The van der Waals surface area contributed by atoms with E-state index in [-0.39, 0.29) is 38.0 Å². The van der Waals surface area contributed by atoms with E-state index in [2.05, 4.69) is 5.32 Å². The lowest BCUT2D eigenvalue weighted by Crippen LogP contribution is -2.50. The molecule has 7 nitrogen and oxygen atoms in total. The highest BCUT2D eigenvalue weighted by Crippen LogP contribution is 2.30. The van der Waals surface area contributed by atoms with Crippen molar-refractivity contribution in [2.24, 2.45) is 5.41 Å². The van der Waals surface area contributed by atoms with Crippen molar-refractivity contribution in [2.45, 2.75) is 32.6 Å². The Bertz CT molecular complexity index is 1150. The molecule has 1 N–H and O–H groups in total. The van der Waals surface area contributed by atoms with Crippen LogP contribution in [0.25, 0.3) is 0 Å². The van der Waals surface area contributed by atoms with Crippen LogP contribution in [0.15, 0.2) is 29.2 Å². The fourth-order valence-corrected chi connectivity index (χ4v) is 5.66. The Balaban J connectivity index is 1.69. The zero-order valence-electron chi connectivity index (χ0n) is 18.2. The summed E-state index contributed by atoms with van der Waals surface area (Å²) in [5.74, 6) is -2.43. The number of thiophene rings is 1. The number of aryl methyl sites for hydroxylation is 1. The van der Waals surface area contributed by atoms with E-state index >= 15 is 0 Å². The van der Waals surface area contributed by atoms with Crippen LogP contribution in [0.1, 0.15) is 36.0 Å². The standard InChI is InChI=1S/C21H25F2N3O4S2/c1-13-11-17(24-20(28)21(2,3)4)31-18(13)19(27)25-7-9-26(10-8-25)32(29,30)16-6-5-14(22)12-15(16)23/h5-6,11-12H,7-10H2,1-4H3,(H,24,28). The Morgan fingerprint density at radius 3 is 2.25 bits per heavy atom. The molecule has 1 aromatic carbocycles. The Labute approximate surface area is 190 Å². The van der Waals surface area contributed by atoms with E-state index in [1.165, 1.54) is 16.2 Å². The molecule has 0 radical (unpaired) electrons. The van der Waals surface area contributed by atoms with E-state index < -0.39 is 32.0 Å². The van der Waals surface area contributed by atoms with Crippen LogP contribution in [0.2, 0.25) is 0 Å². The lowest BCUT2D eigenvalue weighted by atomic mass is 9.96. The third-order valence-electron chi connectivity index (χ3n) is 5.07. The number of piperazine rings is 1. The van der Waals surface area contributed by atoms with Crippen LogP contribution >= 0.6 is 11.3 Å². The normalized spacial score (nSPS) is 15.6. The fraction of sp³-hybridized carbons (Fsp3) is 0.429. The van der Waals surface area contributed by atoms with Crippen molar-refractivity contribution >= 4 is 38.2 Å². The van der Waals surface area contributed by atoms with Crippen molar-refractivity contribution in [1.29, 1.82) is 0 Å². The van der Waals surface area contributed by atoms with Crippen molar-refractivity contribution in [3.8, 4) is 0 Å². The minimum Gasteiger partial charge on any atom is -0.335 e. The van der Waals surface area contributed by atoms with Gasteiger partial charge in [0.2, 0.25) is 15.9 Å². The van der Waals surface area contributed by atoms with Gasteiger partial charge in [-0.3, -0.25) is 9.59 Å². The van der Waals surface area contributed by atoms with E-state index in [1.807, 2.05) is 0 Å². The van der Waals surface area contributed by atoms with Crippen LogP contribution in [0, 0.1) is 24.0 Å². The van der Waals surface area contributed by atoms with Gasteiger partial charge in [-0.05, 0) is 30.7 Å². The Hall–Kier alpha value is -2.37. The molecule has 0 bridgehead atoms. The molecule has 32 heavy (non-hydrogen) atoms. The maximum absolute atomic E-state index is 14.0. The molecule has 0 spiro atoms. The first-order valence-corrected chi connectivity index (χ1v) is 12.2. The number of rotatable bonds is 4. The topological polar surface area (TPSA) is 86.8 Å². The third kappa shape index (κ3) is 5.00. The summed E-state index contributed by atoms with van der Waals surface area (Å²) in [4.78, 5) is 26.6. The lowest BCUT2D eigenvalue weighted by Gasteiger charge is -2.34. The Morgan fingerprint density at radius 2 is 1.69 bits per heavy atom. The van der Waals surface area contributed by atoms with Crippen molar-refractivity contribution in [3.05, 3.63) is 46.3 Å². The summed E-state index contributed by atoms with van der Waals surface area (Å²) in [7, 11) is -4.15. The van der Waals surface area contributed by atoms with Crippen molar-refractivity contribution < 1.29 is 26.8 Å². The Morgan fingerprint density at radius 1 is 1.06 bits per heavy atom. The molecule has 2 heterocycles. The van der Waals surface area contributed by atoms with E-state index in [0.717, 1.165) is 16.4 Å². The van der Waals surface area contributed by atoms with Crippen LogP contribution < -0.4 is 5.32 Å². The Kier molecular flexibility index (Phi) is 6.73. The number of benzene rings is 1. The van der Waals surface area contributed by atoms with E-state index in [0.29, 0.717) is 21.5 Å². The van der Waals surface area contributed by atoms with Crippen LogP contribution in [-0.4, -0.2) is 55.6 Å². The van der Waals surface area contributed by atoms with E-state index in [9.17, 15) is 26.8 Å². The summed E-state index contributed by atoms with van der Waals surface area (Å²) in [5, 5.41) is 3.38. The molecule has 0 saturated carbocycles. The van der Waals surface area contributed by atoms with Gasteiger partial charge in [0.05, 0.1) is 9.88 Å². The molecule has 0 atom stereocenters. The number of carbonyl (C=O) groups is 2. The van der Waals surface area contributed by atoms with E-state index in [4.69, 9.17) is 0 Å². The van der Waals surface area contributed by atoms with Gasteiger partial charge in [-0.25, -0.2) is 17.2 Å². The highest BCUT2D eigenvalue weighted by Gasteiger charge is 2.33. The second-order valence-corrected chi connectivity index (χ2v) is 11.6. The smallest absolute Gasteiger partial charge is 0.264 e. The first-order valence-electron chi connectivity index (χ1n) is 9.97. The zero-order chi connectivity index (χ0) is 23.8. The van der Waals surface area contributed by atoms with Gasteiger partial charge in [0.25, 0.3) is 5.91 Å². The molecule has 2 amide bonds. The third-order valence-corrected chi connectivity index (χ3v) is 8.14. The number of anilines is 1. The molecule has 11 heteroatoms. The predicted octanol–water partition coefficient (Wildman–Crippen LogP) is 3.47. The van der Waals surface area contributed by atoms with Gasteiger partial charge < -0.3 is 10.2 Å². The number of nitrogens with zero attached hydrogens (tertiary/aromatic N) is 2. The first-order chi connectivity index (χ1) is 14.8. The zero-order valence-corrected chi connectivity index (χ0v) is 19.9. The molecule has 1 aliphatic rings. The second kappa shape index (κ2) is 8.87. The molecule has 1 fully saturated rings. The van der Waals surface area contributed by atoms with Crippen LogP contribution in [0.5, 0.6) is 0 Å². The monoisotopic (exact) mass is 485 g/mol. The molecule has 2 aromatic rings. The predicted molar refractivity (Wildman–Crippen MR) is 118 cm³/mol. The maximum atomic E-state index is 14.0. The van der Waals surface area contributed by atoms with Crippen LogP contribution in [0.4, 0.5) is 13.8 Å². The van der Waals surface area contributed by atoms with Gasteiger partial charge in [-0.1, -0.05) is 20.8 Å². The van der Waals surface area contributed by atoms with Gasteiger partial charge in [0.15, 0.2) is 0 Å². The average Bonchev–Trinajstić information content (AvgIpc) is 3.06. The highest BCUT2D eigenvalue weighted by molar-refractivity contribution is 7.89. The molecular weight excluding hydrogens is 460 g/mol. The number of hydrogen-bond donors (Lipinski definition) is 1. The molecular formula is C21H25F2N3O4S2. The molecule has 0 unspecified atom stereocenters. The number of nitrogens with one attached hydrogen (secondary N) is 1. The average molecular weight is 486 g/mol. The minimum absolute atomic E-state index is 0.0110. The SMILES string of the molecule is Cc1cc(NC(=O)C(C)(C)C)sc1C(=O)N1CCN(S(=O)(=O)c2ccc(F)cc2F)CC1. The molecule has 3 rings (SSSR count). The maximum Gasteiger partial charge on any atom is 0.264 e. The summed E-state index contributed by atoms with van der Waals surface area (Å²) < 4.78 is 53.7. The summed E-state index contributed by atoms with van der Waals surface area (Å²) in [6.07, 6.45) is 0. The van der Waals surface area contributed by atoms with Crippen LogP contribution in [-0.2, 0) is 14.8 Å². The highest BCUT2D eigenvalue weighted by atomic mass is 32.2. The van der Waals surface area contributed by atoms with E-state index in [1.54, 1.807) is 33.8 Å².